The first-order chi connectivity index (χ1) is 16.9. The molecule has 0 spiro atoms. The number of ether oxygens (including phenoxy) is 1. The maximum absolute atomic E-state index is 12.4. The molecular formula is C23H15N5O6S. The molecular weight excluding hydrogens is 474 g/mol. The third-order valence-corrected chi connectivity index (χ3v) is 6.17. The van der Waals surface area contributed by atoms with Gasteiger partial charge in [0.25, 0.3) is 17.3 Å². The number of hydrogen-bond donors (Lipinski definition) is 2. The van der Waals surface area contributed by atoms with Crippen molar-refractivity contribution in [2.75, 3.05) is 5.32 Å². The summed E-state index contributed by atoms with van der Waals surface area (Å²) in [5, 5.41) is 21.2. The van der Waals surface area contributed by atoms with Crippen LogP contribution in [0.1, 0.15) is 53.8 Å². The van der Waals surface area contributed by atoms with E-state index in [1.54, 1.807) is 6.92 Å². The lowest BCUT2D eigenvalue weighted by Gasteiger charge is -2.13. The maximum Gasteiger partial charge on any atom is 0.412 e. The molecule has 0 bridgehead atoms. The lowest BCUT2D eigenvalue weighted by atomic mass is 10.1. The lowest BCUT2D eigenvalue weighted by Crippen LogP contribution is -2.19. The number of rotatable bonds is 5. The van der Waals surface area contributed by atoms with Crippen LogP contribution in [0.4, 0.5) is 10.5 Å². The fourth-order valence-corrected chi connectivity index (χ4v) is 3.96. The van der Waals surface area contributed by atoms with Crippen molar-refractivity contribution in [3.05, 3.63) is 58.2 Å². The summed E-state index contributed by atoms with van der Waals surface area (Å²) >= 11 is 0.913. The summed E-state index contributed by atoms with van der Waals surface area (Å²) in [7, 11) is 0. The second kappa shape index (κ2) is 8.59. The quantitative estimate of drug-likeness (QED) is 0.392. The van der Waals surface area contributed by atoms with Crippen molar-refractivity contribution in [2.45, 2.75) is 31.3 Å². The van der Waals surface area contributed by atoms with Gasteiger partial charge in [-0.15, -0.1) is 0 Å². The number of carbonyl (C=O) groups excluding carboxylic acids is 1. The maximum atomic E-state index is 12.4. The molecule has 35 heavy (non-hydrogen) atoms. The van der Waals surface area contributed by atoms with E-state index in [2.05, 4.69) is 31.5 Å². The van der Waals surface area contributed by atoms with Crippen LogP contribution in [0.15, 0.2) is 39.2 Å². The summed E-state index contributed by atoms with van der Waals surface area (Å²) in [6.45, 7) is 1.73. The Labute approximate surface area is 201 Å². The van der Waals surface area contributed by atoms with Gasteiger partial charge in [-0.3, -0.25) is 10.1 Å². The molecule has 0 saturated heterocycles. The monoisotopic (exact) mass is 489 g/mol. The average molecular weight is 489 g/mol. The number of fused-ring (bicyclic) bond motifs is 1. The van der Waals surface area contributed by atoms with Crippen LogP contribution in [0.5, 0.6) is 0 Å². The molecule has 11 nitrogen and oxygen atoms in total. The van der Waals surface area contributed by atoms with Crippen LogP contribution in [-0.2, 0) is 14.9 Å². The normalized spacial score (nSPS) is 14.4. The van der Waals surface area contributed by atoms with Crippen LogP contribution in [0.3, 0.4) is 0 Å². The van der Waals surface area contributed by atoms with Gasteiger partial charge in [0.05, 0.1) is 0 Å². The Kier molecular flexibility index (Phi) is 5.43. The van der Waals surface area contributed by atoms with E-state index in [9.17, 15) is 20.0 Å². The molecule has 5 rings (SSSR count). The summed E-state index contributed by atoms with van der Waals surface area (Å²) < 4.78 is 20.3. The second-order valence-electron chi connectivity index (χ2n) is 7.72. The number of hydrogen-bond acceptors (Lipinski definition) is 10. The molecule has 1 atom stereocenters. The van der Waals surface area contributed by atoms with E-state index < -0.39 is 23.6 Å². The number of aliphatic carboxylic acids is 1. The number of amides is 1. The molecule has 1 unspecified atom stereocenters. The highest BCUT2D eigenvalue weighted by Gasteiger charge is 2.56. The van der Waals surface area contributed by atoms with Gasteiger partial charge in [0.2, 0.25) is 5.89 Å². The van der Waals surface area contributed by atoms with Gasteiger partial charge in [-0.1, -0.05) is 30.3 Å². The van der Waals surface area contributed by atoms with Crippen molar-refractivity contribution >= 4 is 40.7 Å². The number of nitrogens with zero attached hydrogens (tertiary/aromatic N) is 4. The molecule has 1 aromatic carbocycles. The number of oxazole rings is 2. The van der Waals surface area contributed by atoms with Gasteiger partial charge in [-0.05, 0) is 48.7 Å². The van der Waals surface area contributed by atoms with Crippen LogP contribution in [0.25, 0.3) is 11.4 Å². The zero-order valence-electron chi connectivity index (χ0n) is 18.1. The molecule has 0 radical (unpaired) electrons. The Morgan fingerprint density at radius 1 is 1.20 bits per heavy atom. The molecule has 1 fully saturated rings. The number of nitrogens with one attached hydrogen (secondary N) is 1. The number of carboxylic acids is 1. The Hall–Kier alpha value is -4.68. The Bertz CT molecular complexity index is 1520. The molecule has 0 aliphatic heterocycles. The van der Waals surface area contributed by atoms with Gasteiger partial charge < -0.3 is 18.7 Å². The second-order valence-corrected chi connectivity index (χ2v) is 8.49. The molecule has 174 valence electrons. The zero-order chi connectivity index (χ0) is 24.6. The molecule has 1 amide bonds. The topological polar surface area (TPSA) is 164 Å². The summed E-state index contributed by atoms with van der Waals surface area (Å²) in [5.74, 6) is 4.46. The Morgan fingerprint density at radius 2 is 1.94 bits per heavy atom. The van der Waals surface area contributed by atoms with Crippen LogP contribution < -0.4 is 5.32 Å². The fraction of sp³-hybridized carbons (Fsp3) is 0.217. The van der Waals surface area contributed by atoms with Crippen molar-refractivity contribution in [3.8, 4) is 17.9 Å². The van der Waals surface area contributed by atoms with Crippen LogP contribution >= 0.6 is 11.5 Å². The molecule has 3 heterocycles. The standard InChI is InChI=1S/C23H15N5O6S/c1-12(13-5-3-2-4-6-13)32-22(31)26-17-14(11-24)28-35-15(17)7-8-16-25-18-19(33-16)27-20(34-18)23(9-10-23)21(29)30/h2-6,12H,9-10H2,1H3,(H,26,31)(H,29,30). The third kappa shape index (κ3) is 4.18. The van der Waals surface area contributed by atoms with E-state index in [4.69, 9.17) is 13.6 Å². The fourth-order valence-electron chi connectivity index (χ4n) is 3.31. The Balaban J connectivity index is 1.33. The lowest BCUT2D eigenvalue weighted by molar-refractivity contribution is -0.140. The van der Waals surface area contributed by atoms with E-state index in [1.165, 1.54) is 0 Å². The number of benzene rings is 1. The smallest absolute Gasteiger partial charge is 0.412 e. The van der Waals surface area contributed by atoms with E-state index in [1.807, 2.05) is 36.4 Å². The van der Waals surface area contributed by atoms with Crippen molar-refractivity contribution in [2.24, 2.45) is 0 Å². The van der Waals surface area contributed by atoms with Crippen LogP contribution in [0, 0.1) is 23.2 Å². The van der Waals surface area contributed by atoms with Crippen molar-refractivity contribution in [1.82, 2.24) is 14.3 Å². The number of carbonyl (C=O) groups is 2. The highest BCUT2D eigenvalue weighted by molar-refractivity contribution is 7.07. The number of anilines is 1. The molecule has 4 aromatic rings. The van der Waals surface area contributed by atoms with Gasteiger partial charge in [0.1, 0.15) is 28.2 Å². The molecule has 1 saturated carbocycles. The first kappa shape index (κ1) is 22.1. The predicted molar refractivity (Wildman–Crippen MR) is 120 cm³/mol. The van der Waals surface area contributed by atoms with E-state index >= 15 is 0 Å². The minimum absolute atomic E-state index is 0.0144. The van der Waals surface area contributed by atoms with Gasteiger partial charge in [-0.25, -0.2) is 4.79 Å². The number of carboxylic acid groups (broad SMARTS) is 1. The molecule has 3 aromatic heterocycles. The van der Waals surface area contributed by atoms with E-state index in [-0.39, 0.29) is 39.5 Å². The van der Waals surface area contributed by atoms with Gasteiger partial charge in [0, 0.05) is 0 Å². The highest BCUT2D eigenvalue weighted by Crippen LogP contribution is 2.48. The first-order valence-corrected chi connectivity index (χ1v) is 11.1. The summed E-state index contributed by atoms with van der Waals surface area (Å²) in [6, 6.07) is 11.1. The van der Waals surface area contributed by atoms with Gasteiger partial charge >= 0.3 is 12.1 Å². The largest absolute Gasteiger partial charge is 0.480 e. The molecule has 2 N–H and O–H groups in total. The Morgan fingerprint density at radius 3 is 2.60 bits per heavy atom. The summed E-state index contributed by atoms with van der Waals surface area (Å²) in [5.41, 5.74) is -0.125. The first-order valence-electron chi connectivity index (χ1n) is 10.4. The molecule has 1 aliphatic carbocycles. The van der Waals surface area contributed by atoms with Crippen LogP contribution in [0.2, 0.25) is 0 Å². The number of nitriles is 1. The van der Waals surface area contributed by atoms with E-state index in [0.717, 1.165) is 17.1 Å². The minimum Gasteiger partial charge on any atom is -0.480 e. The number of aromatic nitrogens is 3. The van der Waals surface area contributed by atoms with Crippen molar-refractivity contribution < 1.29 is 28.3 Å². The van der Waals surface area contributed by atoms with Gasteiger partial charge in [-0.2, -0.15) is 19.6 Å². The minimum atomic E-state index is -1.11. The van der Waals surface area contributed by atoms with Crippen LogP contribution in [-0.4, -0.2) is 31.5 Å². The van der Waals surface area contributed by atoms with Crippen molar-refractivity contribution in [1.29, 1.82) is 5.26 Å². The predicted octanol–water partition coefficient (Wildman–Crippen LogP) is 3.97. The molecule has 1 aliphatic rings. The summed E-state index contributed by atoms with van der Waals surface area (Å²) in [6.07, 6.45) is -0.405. The molecule has 12 heteroatoms. The van der Waals surface area contributed by atoms with E-state index in [0.29, 0.717) is 12.8 Å². The zero-order valence-corrected chi connectivity index (χ0v) is 18.9. The highest BCUT2D eigenvalue weighted by atomic mass is 32.1. The third-order valence-electron chi connectivity index (χ3n) is 5.41. The average Bonchev–Trinajstić information content (AvgIpc) is 3.24. The van der Waals surface area contributed by atoms with Gasteiger partial charge in [0.15, 0.2) is 5.69 Å². The van der Waals surface area contributed by atoms with Crippen molar-refractivity contribution in [3.63, 3.8) is 0 Å². The SMILES string of the molecule is CC(OC(=O)Nc1c(C#N)nsc1C#Cc1nc2oc(C3(C(=O)O)CC3)nc2o1)c1ccccc1. The summed E-state index contributed by atoms with van der Waals surface area (Å²) in [4.78, 5) is 32.3.